The number of benzene rings is 3. The van der Waals surface area contributed by atoms with E-state index in [4.69, 9.17) is 4.74 Å². The third-order valence-corrected chi connectivity index (χ3v) is 4.90. The highest BCUT2D eigenvalue weighted by Gasteiger charge is 2.32. The largest absolute Gasteiger partial charge is 0.487 e. The molecule has 174 valence electrons. The third-order valence-electron chi connectivity index (χ3n) is 4.90. The van der Waals surface area contributed by atoms with Gasteiger partial charge in [-0.15, -0.1) is 0 Å². The second kappa shape index (κ2) is 8.68. The van der Waals surface area contributed by atoms with Gasteiger partial charge in [0.1, 0.15) is 29.5 Å². The van der Waals surface area contributed by atoms with Gasteiger partial charge < -0.3 is 15.2 Å². The molecule has 0 unspecified atom stereocenters. The molecule has 3 rings (SSSR count). The summed E-state index contributed by atoms with van der Waals surface area (Å²) >= 11 is 0. The Morgan fingerprint density at radius 2 is 1.61 bits per heavy atom. The zero-order valence-corrected chi connectivity index (χ0v) is 17.4. The van der Waals surface area contributed by atoms with Crippen LogP contribution in [0.25, 0.3) is 10.8 Å². The number of alkyl halides is 3. The number of hydrogen-bond acceptors (Lipinski definition) is 3. The Hall–Kier alpha value is -3.69. The van der Waals surface area contributed by atoms with E-state index in [0.29, 0.717) is 12.1 Å². The van der Waals surface area contributed by atoms with Crippen molar-refractivity contribution in [3.05, 3.63) is 76.9 Å². The second-order valence-electron chi connectivity index (χ2n) is 7.76. The second-order valence-corrected chi connectivity index (χ2v) is 7.76. The summed E-state index contributed by atoms with van der Waals surface area (Å²) in [6.07, 6.45) is -4.73. The molecule has 10 heteroatoms. The van der Waals surface area contributed by atoms with Gasteiger partial charge in [-0.2, -0.15) is 13.2 Å². The molecule has 0 atom stereocenters. The molecule has 0 heterocycles. The number of carboxylic acids is 1. The lowest BCUT2D eigenvalue weighted by Gasteiger charge is -2.22. The van der Waals surface area contributed by atoms with E-state index in [9.17, 15) is 36.6 Å². The molecule has 0 spiro atoms. The summed E-state index contributed by atoms with van der Waals surface area (Å²) in [5, 5.41) is 11.7. The minimum atomic E-state index is -4.73. The molecule has 0 aliphatic heterocycles. The molecule has 3 aromatic carbocycles. The van der Waals surface area contributed by atoms with Gasteiger partial charge in [0.15, 0.2) is 0 Å². The van der Waals surface area contributed by atoms with Gasteiger partial charge in [-0.25, -0.2) is 13.6 Å². The van der Waals surface area contributed by atoms with Crippen LogP contribution in [0.5, 0.6) is 5.75 Å². The van der Waals surface area contributed by atoms with Gasteiger partial charge in [-0.3, -0.25) is 4.79 Å². The van der Waals surface area contributed by atoms with E-state index in [2.05, 4.69) is 5.32 Å². The molecule has 5 nitrogen and oxygen atoms in total. The number of amides is 1. The molecule has 0 bridgehead atoms. The van der Waals surface area contributed by atoms with E-state index in [1.54, 1.807) is 0 Å². The number of carbonyl (C=O) groups is 2. The monoisotopic (exact) mass is 467 g/mol. The average molecular weight is 467 g/mol. The van der Waals surface area contributed by atoms with Crippen LogP contribution in [0.4, 0.5) is 22.0 Å². The molecule has 33 heavy (non-hydrogen) atoms. The summed E-state index contributed by atoms with van der Waals surface area (Å²) < 4.78 is 72.8. The Bertz CT molecular complexity index is 1240. The van der Waals surface area contributed by atoms with Gasteiger partial charge in [-0.1, -0.05) is 30.3 Å². The molecule has 0 aromatic heterocycles. The maximum atomic E-state index is 14.6. The molecular weight excluding hydrogens is 449 g/mol. The Morgan fingerprint density at radius 1 is 0.970 bits per heavy atom. The summed E-state index contributed by atoms with van der Waals surface area (Å²) in [5.41, 5.74) is -3.45. The van der Waals surface area contributed by atoms with Gasteiger partial charge in [0.05, 0.1) is 11.1 Å². The van der Waals surface area contributed by atoms with Crippen LogP contribution in [0, 0.1) is 11.6 Å². The van der Waals surface area contributed by atoms with Gasteiger partial charge in [-0.05, 0) is 32.0 Å². The summed E-state index contributed by atoms with van der Waals surface area (Å²) in [5.74, 6) is -4.43. The first-order chi connectivity index (χ1) is 15.3. The highest BCUT2D eigenvalue weighted by atomic mass is 19.4. The zero-order valence-electron chi connectivity index (χ0n) is 17.4. The normalized spacial score (nSPS) is 12.0. The SMILES string of the molecule is CC(C)(NC(=O)c1cc(F)c2ccccc2c1OCc1ccc(C(F)(F)F)cc1F)C(=O)O. The van der Waals surface area contributed by atoms with E-state index < -0.39 is 47.4 Å². The lowest BCUT2D eigenvalue weighted by Crippen LogP contribution is -2.49. The van der Waals surface area contributed by atoms with Crippen molar-refractivity contribution in [2.75, 3.05) is 0 Å². The van der Waals surface area contributed by atoms with E-state index in [0.717, 1.165) is 12.1 Å². The van der Waals surface area contributed by atoms with E-state index in [-0.39, 0.29) is 27.6 Å². The minimum Gasteiger partial charge on any atom is -0.487 e. The highest BCUT2D eigenvalue weighted by Crippen LogP contribution is 2.34. The van der Waals surface area contributed by atoms with Crippen LogP contribution >= 0.6 is 0 Å². The first-order valence-electron chi connectivity index (χ1n) is 9.57. The van der Waals surface area contributed by atoms with Crippen molar-refractivity contribution >= 4 is 22.6 Å². The van der Waals surface area contributed by atoms with Crippen molar-refractivity contribution in [1.29, 1.82) is 0 Å². The maximum Gasteiger partial charge on any atom is 0.416 e. The standard InChI is InChI=1S/C23H18F5NO4/c1-22(2,21(31)32)29-20(30)16-10-18(25)14-5-3-4-6-15(14)19(16)33-11-12-7-8-13(9-17(12)24)23(26,27)28/h3-10H,11H2,1-2H3,(H,29,30)(H,31,32). The smallest absolute Gasteiger partial charge is 0.416 e. The summed E-state index contributed by atoms with van der Waals surface area (Å²) in [6, 6.07) is 8.70. The first-order valence-corrected chi connectivity index (χ1v) is 9.57. The summed E-state index contributed by atoms with van der Waals surface area (Å²) in [4.78, 5) is 24.2. The fraction of sp³-hybridized carbons (Fsp3) is 0.217. The number of halogens is 5. The van der Waals surface area contributed by atoms with Crippen molar-refractivity contribution in [2.24, 2.45) is 0 Å². The number of rotatable bonds is 6. The van der Waals surface area contributed by atoms with Crippen LogP contribution in [-0.4, -0.2) is 22.5 Å². The predicted molar refractivity (Wildman–Crippen MR) is 109 cm³/mol. The Morgan fingerprint density at radius 3 is 2.18 bits per heavy atom. The number of nitrogens with one attached hydrogen (secondary N) is 1. The fourth-order valence-electron chi connectivity index (χ4n) is 3.02. The number of carbonyl (C=O) groups excluding carboxylic acids is 1. The van der Waals surface area contributed by atoms with Crippen LogP contribution in [0.2, 0.25) is 0 Å². The molecule has 0 aliphatic rings. The molecule has 0 radical (unpaired) electrons. The summed E-state index contributed by atoms with van der Waals surface area (Å²) in [7, 11) is 0. The van der Waals surface area contributed by atoms with Crippen LogP contribution in [0.3, 0.4) is 0 Å². The summed E-state index contributed by atoms with van der Waals surface area (Å²) in [6.45, 7) is 1.88. The number of ether oxygens (including phenoxy) is 1. The number of fused-ring (bicyclic) bond motifs is 1. The van der Waals surface area contributed by atoms with Crippen LogP contribution < -0.4 is 10.1 Å². The molecule has 1 amide bonds. The lowest BCUT2D eigenvalue weighted by molar-refractivity contribution is -0.143. The number of carboxylic acid groups (broad SMARTS) is 1. The van der Waals surface area contributed by atoms with Gasteiger partial charge in [0, 0.05) is 16.3 Å². The molecule has 0 fully saturated rings. The molecule has 0 aliphatic carbocycles. The molecule has 2 N–H and O–H groups in total. The fourth-order valence-corrected chi connectivity index (χ4v) is 3.02. The van der Waals surface area contributed by atoms with Gasteiger partial charge in [0.25, 0.3) is 5.91 Å². The predicted octanol–water partition coefficient (Wildman–Crippen LogP) is 5.31. The van der Waals surface area contributed by atoms with E-state index in [1.165, 1.54) is 38.1 Å². The molecular formula is C23H18F5NO4. The van der Waals surface area contributed by atoms with Gasteiger partial charge >= 0.3 is 12.1 Å². The van der Waals surface area contributed by atoms with Crippen molar-refractivity contribution in [3.8, 4) is 5.75 Å². The quantitative estimate of drug-likeness (QED) is 0.482. The van der Waals surface area contributed by atoms with Crippen LogP contribution in [-0.2, 0) is 17.6 Å². The van der Waals surface area contributed by atoms with Crippen molar-refractivity contribution in [2.45, 2.75) is 32.2 Å². The van der Waals surface area contributed by atoms with Crippen molar-refractivity contribution < 1.29 is 41.4 Å². The zero-order chi connectivity index (χ0) is 24.6. The topological polar surface area (TPSA) is 75.6 Å². The van der Waals surface area contributed by atoms with E-state index >= 15 is 0 Å². The van der Waals surface area contributed by atoms with Crippen LogP contribution in [0.1, 0.15) is 35.3 Å². The Kier molecular flexibility index (Phi) is 6.31. The van der Waals surface area contributed by atoms with E-state index in [1.807, 2.05) is 0 Å². The number of aliphatic carboxylic acids is 1. The molecule has 0 saturated carbocycles. The highest BCUT2D eigenvalue weighted by molar-refractivity contribution is 6.05. The van der Waals surface area contributed by atoms with Crippen LogP contribution in [0.15, 0.2) is 48.5 Å². The van der Waals surface area contributed by atoms with Crippen molar-refractivity contribution in [1.82, 2.24) is 5.32 Å². The number of hydrogen-bond donors (Lipinski definition) is 2. The average Bonchev–Trinajstić information content (AvgIpc) is 2.72. The maximum absolute atomic E-state index is 14.6. The molecule has 3 aromatic rings. The first kappa shape index (κ1) is 24.0. The Labute approximate surface area is 184 Å². The minimum absolute atomic E-state index is 0.0782. The lowest BCUT2D eigenvalue weighted by atomic mass is 10.0. The van der Waals surface area contributed by atoms with Crippen molar-refractivity contribution in [3.63, 3.8) is 0 Å². The molecule has 0 saturated heterocycles. The third kappa shape index (κ3) is 5.05. The Balaban J connectivity index is 2.02. The van der Waals surface area contributed by atoms with Gasteiger partial charge in [0.2, 0.25) is 0 Å².